The van der Waals surface area contributed by atoms with Gasteiger partial charge in [-0.2, -0.15) is 0 Å². The van der Waals surface area contributed by atoms with Crippen molar-refractivity contribution in [1.82, 2.24) is 0 Å². The highest BCUT2D eigenvalue weighted by Crippen LogP contribution is 2.45. The number of aliphatic hydroxyl groups is 1. The molecule has 0 aliphatic carbocycles. The average molecular weight is 1470 g/mol. The largest absolute Gasteiger partial charge is 0.472 e. The second kappa shape index (κ2) is 74.2. The molecule has 3 N–H and O–H groups in total. The number of carbonyl (C=O) groups is 4. The first-order valence-electron chi connectivity index (χ1n) is 39.1. The van der Waals surface area contributed by atoms with Gasteiger partial charge < -0.3 is 33.8 Å². The van der Waals surface area contributed by atoms with Crippen LogP contribution in [0.15, 0.2) is 146 Å². The molecule has 5 unspecified atom stereocenters. The number of carbonyl (C=O) groups excluding carboxylic acids is 4. The predicted octanol–water partition coefficient (Wildman–Crippen LogP) is 22.7. The smallest absolute Gasteiger partial charge is 0.462 e. The minimum Gasteiger partial charge on any atom is -0.462 e. The van der Waals surface area contributed by atoms with Crippen molar-refractivity contribution in [2.45, 2.75) is 316 Å². The van der Waals surface area contributed by atoms with Gasteiger partial charge in [0.2, 0.25) is 0 Å². The van der Waals surface area contributed by atoms with Gasteiger partial charge in [-0.3, -0.25) is 37.3 Å². The van der Waals surface area contributed by atoms with E-state index in [2.05, 4.69) is 174 Å². The van der Waals surface area contributed by atoms with Crippen LogP contribution in [0.2, 0.25) is 0 Å². The lowest BCUT2D eigenvalue weighted by Gasteiger charge is -2.21. The third kappa shape index (κ3) is 73.3. The summed E-state index contributed by atoms with van der Waals surface area (Å²) in [5, 5.41) is 10.6. The number of rotatable bonds is 72. The minimum atomic E-state index is -5.00. The Labute approximate surface area is 617 Å². The number of phosphoric acid groups is 2. The van der Waals surface area contributed by atoms with Crippen molar-refractivity contribution in [3.63, 3.8) is 0 Å². The van der Waals surface area contributed by atoms with E-state index < -0.39 is 97.5 Å². The summed E-state index contributed by atoms with van der Waals surface area (Å²) in [5.41, 5.74) is 0. The van der Waals surface area contributed by atoms with E-state index in [9.17, 15) is 43.2 Å². The Kier molecular flexibility index (Phi) is 70.5. The molecule has 0 aromatic heterocycles. The molecule has 17 nitrogen and oxygen atoms in total. The van der Waals surface area contributed by atoms with Gasteiger partial charge in [0.25, 0.3) is 0 Å². The molecular formula is C83H138O17P2. The van der Waals surface area contributed by atoms with Gasteiger partial charge in [-0.15, -0.1) is 0 Å². The van der Waals surface area contributed by atoms with Crippen LogP contribution in [0.3, 0.4) is 0 Å². The van der Waals surface area contributed by atoms with E-state index in [1.165, 1.54) is 0 Å². The third-order valence-electron chi connectivity index (χ3n) is 15.8. The summed E-state index contributed by atoms with van der Waals surface area (Å²) in [6.07, 6.45) is 84.0. The van der Waals surface area contributed by atoms with Crippen LogP contribution in [0, 0.1) is 0 Å². The summed E-state index contributed by atoms with van der Waals surface area (Å²) in [7, 11) is -9.98. The molecule has 0 bridgehead atoms. The van der Waals surface area contributed by atoms with Crippen molar-refractivity contribution in [3.8, 4) is 0 Å². The molecule has 0 saturated carbocycles. The topological polar surface area (TPSA) is 237 Å². The van der Waals surface area contributed by atoms with Gasteiger partial charge in [-0.25, -0.2) is 9.13 Å². The zero-order valence-corrected chi connectivity index (χ0v) is 65.3. The number of phosphoric ester groups is 2. The van der Waals surface area contributed by atoms with Crippen LogP contribution in [-0.4, -0.2) is 96.7 Å². The highest BCUT2D eigenvalue weighted by molar-refractivity contribution is 7.47. The van der Waals surface area contributed by atoms with E-state index in [4.69, 9.17) is 37.0 Å². The Morgan fingerprint density at radius 3 is 0.804 bits per heavy atom. The Balaban J connectivity index is 5.40. The fourth-order valence-electron chi connectivity index (χ4n) is 9.92. The van der Waals surface area contributed by atoms with E-state index in [1.807, 2.05) is 0 Å². The zero-order chi connectivity index (χ0) is 74.6. The second-order valence-electron chi connectivity index (χ2n) is 25.5. The van der Waals surface area contributed by atoms with Crippen molar-refractivity contribution in [2.75, 3.05) is 39.6 Å². The number of ether oxygens (including phenoxy) is 4. The molecule has 0 heterocycles. The van der Waals surface area contributed by atoms with Crippen LogP contribution >= 0.6 is 15.6 Å². The van der Waals surface area contributed by atoms with E-state index in [0.717, 1.165) is 212 Å². The molecular weight excluding hydrogens is 1330 g/mol. The summed E-state index contributed by atoms with van der Waals surface area (Å²) in [5.74, 6) is -2.26. The molecule has 0 aromatic carbocycles. The highest BCUT2D eigenvalue weighted by atomic mass is 31.2. The molecule has 5 atom stereocenters. The summed E-state index contributed by atoms with van der Waals surface area (Å²) in [6.45, 7) is 4.39. The van der Waals surface area contributed by atoms with E-state index in [-0.39, 0.29) is 25.7 Å². The lowest BCUT2D eigenvalue weighted by molar-refractivity contribution is -0.161. The predicted molar refractivity (Wildman–Crippen MR) is 417 cm³/mol. The molecule has 0 aliphatic heterocycles. The molecule has 0 aromatic rings. The first-order valence-corrected chi connectivity index (χ1v) is 42.1. The van der Waals surface area contributed by atoms with E-state index >= 15 is 0 Å². The van der Waals surface area contributed by atoms with Crippen molar-refractivity contribution in [3.05, 3.63) is 146 Å². The van der Waals surface area contributed by atoms with Crippen LogP contribution in [0.5, 0.6) is 0 Å². The van der Waals surface area contributed by atoms with Gasteiger partial charge in [0.1, 0.15) is 19.3 Å². The first-order chi connectivity index (χ1) is 49.7. The lowest BCUT2D eigenvalue weighted by Crippen LogP contribution is -2.30. The maximum absolute atomic E-state index is 13.1. The Morgan fingerprint density at radius 2 is 0.510 bits per heavy atom. The average Bonchev–Trinajstić information content (AvgIpc) is 0.907. The molecule has 0 spiro atoms. The number of hydrogen-bond donors (Lipinski definition) is 3. The van der Waals surface area contributed by atoms with Crippen molar-refractivity contribution in [2.24, 2.45) is 0 Å². The molecule has 0 saturated heterocycles. The molecule has 0 aliphatic rings. The maximum atomic E-state index is 13.1. The van der Waals surface area contributed by atoms with Crippen LogP contribution in [0.4, 0.5) is 0 Å². The van der Waals surface area contributed by atoms with Gasteiger partial charge in [0, 0.05) is 25.7 Å². The number of unbranched alkanes of at least 4 members (excludes halogenated alkanes) is 22. The molecule has 19 heteroatoms. The number of allylic oxidation sites excluding steroid dienone is 24. The number of aliphatic hydroxyl groups excluding tert-OH is 1. The normalized spacial score (nSPS) is 14.7. The number of esters is 4. The zero-order valence-electron chi connectivity index (χ0n) is 63.5. The fourth-order valence-corrected chi connectivity index (χ4v) is 11.5. The van der Waals surface area contributed by atoms with Gasteiger partial charge in [-0.1, -0.05) is 263 Å². The van der Waals surface area contributed by atoms with Gasteiger partial charge in [0.15, 0.2) is 12.2 Å². The fraction of sp³-hybridized carbons (Fsp3) is 0.663. The van der Waals surface area contributed by atoms with Crippen LogP contribution in [0.25, 0.3) is 0 Å². The summed E-state index contributed by atoms with van der Waals surface area (Å²) < 4.78 is 68.5. The molecule has 0 fully saturated rings. The van der Waals surface area contributed by atoms with Gasteiger partial charge >= 0.3 is 39.5 Å². The summed E-state index contributed by atoms with van der Waals surface area (Å²) in [4.78, 5) is 73.0. The van der Waals surface area contributed by atoms with Crippen LogP contribution in [0.1, 0.15) is 297 Å². The van der Waals surface area contributed by atoms with Crippen molar-refractivity contribution in [1.29, 1.82) is 0 Å². The number of hydrogen-bond acceptors (Lipinski definition) is 15. The highest BCUT2D eigenvalue weighted by Gasteiger charge is 2.30. The third-order valence-corrected chi connectivity index (χ3v) is 17.7. The van der Waals surface area contributed by atoms with Crippen LogP contribution < -0.4 is 0 Å². The van der Waals surface area contributed by atoms with E-state index in [0.29, 0.717) is 32.1 Å². The van der Waals surface area contributed by atoms with Crippen molar-refractivity contribution < 1.29 is 80.2 Å². The van der Waals surface area contributed by atoms with E-state index in [1.54, 1.807) is 0 Å². The van der Waals surface area contributed by atoms with Gasteiger partial charge in [0.05, 0.1) is 26.4 Å². The monoisotopic (exact) mass is 1470 g/mol. The molecule has 582 valence electrons. The first kappa shape index (κ1) is 96.9. The molecule has 102 heavy (non-hydrogen) atoms. The Bertz CT molecular complexity index is 2510. The SMILES string of the molecule is CC/C=C\C/C=C\C/C=C\C/C=C\CCCCC(=O)OC(COC(=O)CCCCCCCCC/C=C\C/C=C\C/C=C\CC)COP(=O)(O)OCC(O)COP(=O)(O)OCC(COC(=O)CCCCCCCCC/C=C\C/C=C\C/C=C\CC)OC(=O)CCCCCCC/C=C\C/C=C\CCC. The summed E-state index contributed by atoms with van der Waals surface area (Å²) in [6, 6.07) is 0. The maximum Gasteiger partial charge on any atom is 0.472 e. The standard InChI is InChI=1S/C83H138O17P2/c1-5-9-13-17-21-25-29-33-36-38-41-44-47-51-55-59-63-67-80(85)93-73-78(99-82(87)69-65-61-57-53-49-43-32-28-24-20-16-12-8-4)75-97-101(89,90)95-71-77(84)72-96-102(91,92)98-76-79(100-83(88)70-66-62-58-54-50-46-40-35-31-27-23-19-15-11-7-3)74-94-81(86)68-64-60-56-52-48-45-42-39-37-34-30-26-22-18-14-10-6-2/h9-11,13-16,20-23,25-28,32-37,40,50,54,77-79,84H,5-8,12,17-19,24,29-31,38-39,41-49,51-53,55-76H2,1-4H3,(H,89,90)(H,91,92)/b13-9-,14-10-,15-11-,20-16-,25-21-,26-22-,27-23-,32-28-,36-33-,37-34-,40-35-,54-50-. The molecule has 0 rings (SSSR count). The van der Waals surface area contributed by atoms with Gasteiger partial charge in [-0.05, 0) is 154 Å². The second-order valence-corrected chi connectivity index (χ2v) is 28.4. The van der Waals surface area contributed by atoms with Crippen LogP contribution in [-0.2, 0) is 65.4 Å². The minimum absolute atomic E-state index is 0.0362. The molecule has 0 radical (unpaired) electrons. The van der Waals surface area contributed by atoms with Crippen molar-refractivity contribution >= 4 is 39.5 Å². The quantitative estimate of drug-likeness (QED) is 0.0169. The molecule has 0 amide bonds. The lowest BCUT2D eigenvalue weighted by atomic mass is 10.1. The summed E-state index contributed by atoms with van der Waals surface area (Å²) >= 11 is 0. The Morgan fingerprint density at radius 1 is 0.284 bits per heavy atom. The Hall–Kier alpha value is -5.06.